The topological polar surface area (TPSA) is 26.3 Å². The fraction of sp³-hybridized carbons (Fsp3) is 0.769. The second-order valence-electron chi connectivity index (χ2n) is 5.39. The normalized spacial score (nSPS) is 19.1. The predicted octanol–water partition coefficient (Wildman–Crippen LogP) is 3.76. The second-order valence-corrected chi connectivity index (χ2v) is 10.5. The molecule has 0 atom stereocenters. The molecule has 1 aliphatic heterocycles. The highest BCUT2D eigenvalue weighted by Gasteiger charge is 2.28. The predicted molar refractivity (Wildman–Crippen MR) is 70.3 cm³/mol. The maximum Gasteiger partial charge on any atom is 0.333 e. The number of esters is 1. The first kappa shape index (κ1) is 13.5. The van der Waals surface area contributed by atoms with Gasteiger partial charge in [-0.05, 0) is 13.3 Å². The summed E-state index contributed by atoms with van der Waals surface area (Å²) >= 11 is 0. The van der Waals surface area contributed by atoms with Crippen LogP contribution in [0.2, 0.25) is 24.7 Å². The Hall–Kier alpha value is -0.573. The van der Waals surface area contributed by atoms with Gasteiger partial charge in [-0.1, -0.05) is 50.5 Å². The Morgan fingerprint density at radius 3 is 2.50 bits per heavy atom. The van der Waals surface area contributed by atoms with Crippen molar-refractivity contribution in [1.82, 2.24) is 0 Å². The van der Waals surface area contributed by atoms with Gasteiger partial charge in [-0.2, -0.15) is 0 Å². The molecule has 0 aromatic carbocycles. The first-order valence-corrected chi connectivity index (χ1v) is 9.48. The number of carbonyl (C=O) groups excluding carboxylic acids is 1. The molecule has 0 unspecified atom stereocenters. The number of hydrogen-bond acceptors (Lipinski definition) is 2. The van der Waals surface area contributed by atoms with Gasteiger partial charge in [0.2, 0.25) is 0 Å². The molecular formula is C13H24O2Si. The minimum absolute atomic E-state index is 0.240. The van der Waals surface area contributed by atoms with Crippen LogP contribution in [0.3, 0.4) is 0 Å². The summed E-state index contributed by atoms with van der Waals surface area (Å²) in [5.74, 6) is -0.240. The van der Waals surface area contributed by atoms with Crippen LogP contribution in [0.25, 0.3) is 0 Å². The smallest absolute Gasteiger partial charge is 0.333 e. The molecule has 0 aromatic rings. The Balaban J connectivity index is 2.14. The Morgan fingerprint density at radius 1 is 1.31 bits per heavy atom. The van der Waals surface area contributed by atoms with E-state index in [0.29, 0.717) is 12.2 Å². The molecule has 0 N–H and O–H groups in total. The molecule has 0 bridgehead atoms. The summed E-state index contributed by atoms with van der Waals surface area (Å²) in [4.78, 5) is 11.2. The molecule has 0 aromatic heterocycles. The summed E-state index contributed by atoms with van der Waals surface area (Å²) in [5.41, 5.74) is 0.501. The fourth-order valence-electron chi connectivity index (χ4n) is 2.44. The largest absolute Gasteiger partial charge is 0.462 e. The van der Waals surface area contributed by atoms with Gasteiger partial charge in [0, 0.05) is 5.57 Å². The molecule has 16 heavy (non-hydrogen) atoms. The van der Waals surface area contributed by atoms with Gasteiger partial charge in [-0.15, -0.1) is 0 Å². The molecule has 1 saturated heterocycles. The molecule has 3 heteroatoms. The Labute approximate surface area is 100 Å². The van der Waals surface area contributed by atoms with Crippen molar-refractivity contribution in [1.29, 1.82) is 0 Å². The maximum absolute atomic E-state index is 11.2. The molecule has 0 amide bonds. The summed E-state index contributed by atoms with van der Waals surface area (Å²) in [6.07, 6.45) is 5.32. The molecule has 0 radical (unpaired) electrons. The first-order valence-electron chi connectivity index (χ1n) is 6.36. The number of rotatable bonds is 5. The van der Waals surface area contributed by atoms with Crippen molar-refractivity contribution in [2.45, 2.75) is 57.3 Å². The minimum Gasteiger partial charge on any atom is -0.462 e. The standard InChI is InChI=1S/C13H24O2Si/c1-12(2)13(14)15-8-7-11-16(3)9-5-4-6-10-16/h1,4-11H2,2-3H3. The SMILES string of the molecule is C=C(C)C(=O)OCCC[Si]1(C)CCCCC1. The lowest BCUT2D eigenvalue weighted by atomic mass is 10.3. The monoisotopic (exact) mass is 240 g/mol. The van der Waals surface area contributed by atoms with Crippen molar-refractivity contribution in [3.8, 4) is 0 Å². The quantitative estimate of drug-likeness (QED) is 0.316. The van der Waals surface area contributed by atoms with E-state index in [9.17, 15) is 4.79 Å². The third-order valence-corrected chi connectivity index (χ3v) is 8.25. The average Bonchev–Trinajstić information content (AvgIpc) is 2.25. The zero-order valence-corrected chi connectivity index (χ0v) is 11.7. The number of ether oxygens (including phenoxy) is 1. The lowest BCUT2D eigenvalue weighted by molar-refractivity contribution is -0.138. The number of hydrogen-bond donors (Lipinski definition) is 0. The van der Waals surface area contributed by atoms with Crippen molar-refractivity contribution < 1.29 is 9.53 Å². The van der Waals surface area contributed by atoms with Gasteiger partial charge in [0.15, 0.2) is 0 Å². The third kappa shape index (κ3) is 4.52. The molecule has 0 aliphatic carbocycles. The van der Waals surface area contributed by atoms with E-state index in [1.807, 2.05) is 0 Å². The molecule has 1 rings (SSSR count). The van der Waals surface area contributed by atoms with E-state index in [4.69, 9.17) is 4.74 Å². The van der Waals surface area contributed by atoms with Crippen LogP contribution in [-0.2, 0) is 9.53 Å². The van der Waals surface area contributed by atoms with Gasteiger partial charge in [-0.3, -0.25) is 0 Å². The van der Waals surface area contributed by atoms with Crippen LogP contribution in [0.1, 0.15) is 32.6 Å². The van der Waals surface area contributed by atoms with Crippen LogP contribution in [0.5, 0.6) is 0 Å². The van der Waals surface area contributed by atoms with Gasteiger partial charge in [-0.25, -0.2) is 4.79 Å². The summed E-state index contributed by atoms with van der Waals surface area (Å²) in [5, 5.41) is 0. The van der Waals surface area contributed by atoms with Crippen molar-refractivity contribution >= 4 is 14.0 Å². The summed E-state index contributed by atoms with van der Waals surface area (Å²) in [7, 11) is -0.950. The molecule has 2 nitrogen and oxygen atoms in total. The fourth-order valence-corrected chi connectivity index (χ4v) is 6.40. The van der Waals surface area contributed by atoms with Crippen LogP contribution in [0, 0.1) is 0 Å². The Bertz CT molecular complexity index is 255. The second kappa shape index (κ2) is 6.23. The highest BCUT2D eigenvalue weighted by Crippen LogP contribution is 2.32. The van der Waals surface area contributed by atoms with Crippen LogP contribution in [0.4, 0.5) is 0 Å². The lowest BCUT2D eigenvalue weighted by Gasteiger charge is -2.31. The summed E-state index contributed by atoms with van der Waals surface area (Å²) in [6, 6.07) is 4.26. The van der Waals surface area contributed by atoms with Crippen molar-refractivity contribution in [3.05, 3.63) is 12.2 Å². The Kier molecular flexibility index (Phi) is 5.26. The molecule has 1 aliphatic rings. The van der Waals surface area contributed by atoms with E-state index in [1.165, 1.54) is 37.4 Å². The van der Waals surface area contributed by atoms with Crippen molar-refractivity contribution in [2.24, 2.45) is 0 Å². The van der Waals surface area contributed by atoms with Gasteiger partial charge in [0.25, 0.3) is 0 Å². The molecule has 0 spiro atoms. The third-order valence-electron chi connectivity index (χ3n) is 3.57. The van der Waals surface area contributed by atoms with Crippen LogP contribution >= 0.6 is 0 Å². The molecule has 1 fully saturated rings. The number of carbonyl (C=O) groups is 1. The van der Waals surface area contributed by atoms with E-state index in [2.05, 4.69) is 13.1 Å². The first-order chi connectivity index (χ1) is 7.53. The van der Waals surface area contributed by atoms with E-state index in [-0.39, 0.29) is 5.97 Å². The van der Waals surface area contributed by atoms with Gasteiger partial charge in [0.05, 0.1) is 14.7 Å². The van der Waals surface area contributed by atoms with E-state index < -0.39 is 8.07 Å². The van der Waals surface area contributed by atoms with Crippen LogP contribution in [0.15, 0.2) is 12.2 Å². The van der Waals surface area contributed by atoms with Gasteiger partial charge < -0.3 is 4.74 Å². The van der Waals surface area contributed by atoms with Gasteiger partial charge >= 0.3 is 5.97 Å². The molecule has 0 saturated carbocycles. The zero-order valence-electron chi connectivity index (χ0n) is 10.7. The molecular weight excluding hydrogens is 216 g/mol. The van der Waals surface area contributed by atoms with E-state index in [1.54, 1.807) is 6.92 Å². The maximum atomic E-state index is 11.2. The average molecular weight is 240 g/mol. The minimum atomic E-state index is -0.950. The lowest BCUT2D eigenvalue weighted by Crippen LogP contribution is -2.32. The van der Waals surface area contributed by atoms with Crippen molar-refractivity contribution in [2.75, 3.05) is 6.61 Å². The summed E-state index contributed by atoms with van der Waals surface area (Å²) in [6.45, 7) is 8.35. The molecule has 92 valence electrons. The Morgan fingerprint density at radius 2 is 1.94 bits per heavy atom. The van der Waals surface area contributed by atoms with E-state index in [0.717, 1.165) is 6.42 Å². The van der Waals surface area contributed by atoms with Gasteiger partial charge in [0.1, 0.15) is 0 Å². The van der Waals surface area contributed by atoms with Crippen LogP contribution in [-0.4, -0.2) is 20.7 Å². The van der Waals surface area contributed by atoms with Crippen LogP contribution < -0.4 is 0 Å². The summed E-state index contributed by atoms with van der Waals surface area (Å²) < 4.78 is 5.12. The van der Waals surface area contributed by atoms with E-state index >= 15 is 0 Å². The highest BCUT2D eigenvalue weighted by molar-refractivity contribution is 6.78. The zero-order chi connectivity index (χ0) is 12.0. The highest BCUT2D eigenvalue weighted by atomic mass is 28.3. The molecule has 1 heterocycles. The van der Waals surface area contributed by atoms with Crippen molar-refractivity contribution in [3.63, 3.8) is 0 Å².